The molecule has 27 heavy (non-hydrogen) atoms. The molecule has 0 fully saturated rings. The molecule has 1 unspecified atom stereocenters. The summed E-state index contributed by atoms with van der Waals surface area (Å²) in [6, 6.07) is 15.9. The lowest BCUT2D eigenvalue weighted by Crippen LogP contribution is -2.37. The Hall–Kier alpha value is -3.12. The molecule has 2 aromatic carbocycles. The first-order valence-corrected chi connectivity index (χ1v) is 8.83. The zero-order valence-corrected chi connectivity index (χ0v) is 15.5. The molecular weight excluding hydrogens is 364 g/mol. The summed E-state index contributed by atoms with van der Waals surface area (Å²) >= 11 is 6.13. The van der Waals surface area contributed by atoms with Crippen LogP contribution in [0.25, 0.3) is 0 Å². The number of hydrogen-bond acceptors (Lipinski definition) is 3. The van der Waals surface area contributed by atoms with Crippen molar-refractivity contribution < 1.29 is 9.59 Å². The fraction of sp³-hybridized carbons (Fsp3) is 0.150. The molecule has 2 N–H and O–H groups in total. The van der Waals surface area contributed by atoms with Crippen molar-refractivity contribution in [2.75, 3.05) is 5.32 Å². The van der Waals surface area contributed by atoms with Crippen molar-refractivity contribution >= 4 is 29.1 Å². The molecule has 0 aliphatic heterocycles. The topological polar surface area (TPSA) is 76.0 Å². The summed E-state index contributed by atoms with van der Waals surface area (Å²) in [7, 11) is 0. The van der Waals surface area contributed by atoms with E-state index in [2.05, 4.69) is 15.7 Å². The highest BCUT2D eigenvalue weighted by atomic mass is 35.5. The Labute approximate surface area is 162 Å². The van der Waals surface area contributed by atoms with E-state index >= 15 is 0 Å². The number of hydrogen-bond donors (Lipinski definition) is 2. The molecular formula is C20H19ClN4O2. The van der Waals surface area contributed by atoms with Gasteiger partial charge >= 0.3 is 11.8 Å². The van der Waals surface area contributed by atoms with E-state index in [-0.39, 0.29) is 6.04 Å². The highest BCUT2D eigenvalue weighted by Crippen LogP contribution is 2.22. The molecule has 0 radical (unpaired) electrons. The predicted molar refractivity (Wildman–Crippen MR) is 104 cm³/mol. The minimum absolute atomic E-state index is 0.386. The number of carbonyl (C=O) groups excluding carboxylic acids is 2. The Morgan fingerprint density at radius 1 is 1.11 bits per heavy atom. The molecule has 1 atom stereocenters. The van der Waals surface area contributed by atoms with E-state index in [0.717, 1.165) is 11.1 Å². The Bertz CT molecular complexity index is 941. The Kier molecular flexibility index (Phi) is 5.88. The smallest absolute Gasteiger partial charge is 0.313 e. The van der Waals surface area contributed by atoms with Gasteiger partial charge in [-0.1, -0.05) is 41.9 Å². The van der Waals surface area contributed by atoms with Gasteiger partial charge in [-0.3, -0.25) is 14.3 Å². The van der Waals surface area contributed by atoms with Gasteiger partial charge < -0.3 is 10.6 Å². The van der Waals surface area contributed by atoms with Crippen molar-refractivity contribution in [3.8, 4) is 0 Å². The van der Waals surface area contributed by atoms with Crippen molar-refractivity contribution in [3.63, 3.8) is 0 Å². The standard InChI is InChI=1S/C20H19ClN4O2/c1-14(17-8-2-3-9-18(17)21)23-19(26)20(27)24-16-7-4-6-15(12-16)13-25-11-5-10-22-25/h2-12,14H,13H2,1H3,(H,23,26)(H,24,27). The van der Waals surface area contributed by atoms with Crippen LogP contribution in [0.5, 0.6) is 0 Å². The van der Waals surface area contributed by atoms with E-state index in [0.29, 0.717) is 17.3 Å². The van der Waals surface area contributed by atoms with Crippen molar-refractivity contribution in [2.24, 2.45) is 0 Å². The lowest BCUT2D eigenvalue weighted by atomic mass is 10.1. The maximum absolute atomic E-state index is 12.2. The first-order chi connectivity index (χ1) is 13.0. The molecule has 1 heterocycles. The van der Waals surface area contributed by atoms with E-state index in [9.17, 15) is 9.59 Å². The molecule has 0 bridgehead atoms. The Morgan fingerprint density at radius 3 is 2.67 bits per heavy atom. The number of rotatable bonds is 5. The van der Waals surface area contributed by atoms with Crippen LogP contribution < -0.4 is 10.6 Å². The van der Waals surface area contributed by atoms with Crippen LogP contribution >= 0.6 is 11.6 Å². The van der Waals surface area contributed by atoms with E-state index in [4.69, 9.17) is 11.6 Å². The molecule has 6 nitrogen and oxygen atoms in total. The van der Waals surface area contributed by atoms with Crippen molar-refractivity contribution in [1.29, 1.82) is 0 Å². The van der Waals surface area contributed by atoms with E-state index in [1.54, 1.807) is 29.9 Å². The van der Waals surface area contributed by atoms with E-state index in [1.165, 1.54) is 0 Å². The first-order valence-electron chi connectivity index (χ1n) is 8.45. The number of amides is 2. The van der Waals surface area contributed by atoms with Crippen molar-refractivity contribution in [2.45, 2.75) is 19.5 Å². The van der Waals surface area contributed by atoms with Gasteiger partial charge in [-0.15, -0.1) is 0 Å². The van der Waals surface area contributed by atoms with E-state index < -0.39 is 11.8 Å². The highest BCUT2D eigenvalue weighted by Gasteiger charge is 2.18. The van der Waals surface area contributed by atoms with Gasteiger partial charge in [0.05, 0.1) is 12.6 Å². The largest absolute Gasteiger partial charge is 0.341 e. The fourth-order valence-corrected chi connectivity index (χ4v) is 2.98. The minimum atomic E-state index is -0.731. The van der Waals surface area contributed by atoms with Crippen LogP contribution in [0.3, 0.4) is 0 Å². The molecule has 7 heteroatoms. The van der Waals surface area contributed by atoms with Crippen molar-refractivity contribution in [1.82, 2.24) is 15.1 Å². The molecule has 0 saturated carbocycles. The Morgan fingerprint density at radius 2 is 1.93 bits per heavy atom. The quantitative estimate of drug-likeness (QED) is 0.664. The van der Waals surface area contributed by atoms with Crippen LogP contribution in [0.4, 0.5) is 5.69 Å². The Balaban J connectivity index is 1.61. The number of aromatic nitrogens is 2. The second-order valence-corrected chi connectivity index (χ2v) is 6.48. The van der Waals surface area contributed by atoms with Crippen LogP contribution in [0.2, 0.25) is 5.02 Å². The molecule has 0 spiro atoms. The lowest BCUT2D eigenvalue weighted by Gasteiger charge is -2.15. The van der Waals surface area contributed by atoms with Gasteiger partial charge in [0.1, 0.15) is 0 Å². The second-order valence-electron chi connectivity index (χ2n) is 6.07. The van der Waals surface area contributed by atoms with Crippen LogP contribution in [0.1, 0.15) is 24.1 Å². The summed E-state index contributed by atoms with van der Waals surface area (Å²) < 4.78 is 1.78. The van der Waals surface area contributed by atoms with Gasteiger partial charge in [-0.25, -0.2) is 0 Å². The van der Waals surface area contributed by atoms with Crippen LogP contribution in [-0.2, 0) is 16.1 Å². The molecule has 138 valence electrons. The summed E-state index contributed by atoms with van der Waals surface area (Å²) in [5.74, 6) is -1.45. The zero-order chi connectivity index (χ0) is 19.2. The van der Waals surface area contributed by atoms with Crippen LogP contribution in [0, 0.1) is 0 Å². The SMILES string of the molecule is CC(NC(=O)C(=O)Nc1cccc(Cn2cccn2)c1)c1ccccc1Cl. The molecule has 3 aromatic rings. The molecule has 0 aliphatic rings. The summed E-state index contributed by atoms with van der Waals surface area (Å²) in [6.07, 6.45) is 3.56. The lowest BCUT2D eigenvalue weighted by molar-refractivity contribution is -0.136. The molecule has 3 rings (SSSR count). The summed E-state index contributed by atoms with van der Waals surface area (Å²) in [5, 5.41) is 9.97. The van der Waals surface area contributed by atoms with Gasteiger partial charge in [0.2, 0.25) is 0 Å². The summed E-state index contributed by atoms with van der Waals surface area (Å²) in [5.41, 5.74) is 2.26. The maximum atomic E-state index is 12.2. The number of benzene rings is 2. The summed E-state index contributed by atoms with van der Waals surface area (Å²) in [6.45, 7) is 2.35. The average molecular weight is 383 g/mol. The molecule has 2 amide bonds. The van der Waals surface area contributed by atoms with Gasteiger partial charge in [0.25, 0.3) is 0 Å². The van der Waals surface area contributed by atoms with Crippen LogP contribution in [0.15, 0.2) is 67.0 Å². The third-order valence-electron chi connectivity index (χ3n) is 4.01. The average Bonchev–Trinajstić information content (AvgIpc) is 3.15. The molecule has 1 aromatic heterocycles. The normalized spacial score (nSPS) is 11.6. The number of nitrogens with zero attached hydrogens (tertiary/aromatic N) is 2. The first kappa shape index (κ1) is 18.7. The van der Waals surface area contributed by atoms with Gasteiger partial charge in [0.15, 0.2) is 0 Å². The highest BCUT2D eigenvalue weighted by molar-refractivity contribution is 6.39. The number of anilines is 1. The summed E-state index contributed by atoms with van der Waals surface area (Å²) in [4.78, 5) is 24.4. The monoisotopic (exact) mass is 382 g/mol. The van der Waals surface area contributed by atoms with Crippen LogP contribution in [-0.4, -0.2) is 21.6 Å². The molecule has 0 saturated heterocycles. The third-order valence-corrected chi connectivity index (χ3v) is 4.36. The van der Waals surface area contributed by atoms with Crippen molar-refractivity contribution in [3.05, 3.63) is 83.1 Å². The van der Waals surface area contributed by atoms with Gasteiger partial charge in [0, 0.05) is 23.1 Å². The second kappa shape index (κ2) is 8.51. The number of nitrogens with one attached hydrogen (secondary N) is 2. The fourth-order valence-electron chi connectivity index (χ4n) is 2.68. The predicted octanol–water partition coefficient (Wildman–Crippen LogP) is 3.40. The van der Waals surface area contributed by atoms with Gasteiger partial charge in [-0.05, 0) is 42.3 Å². The number of halogens is 1. The molecule has 0 aliphatic carbocycles. The number of carbonyl (C=O) groups is 2. The van der Waals surface area contributed by atoms with Gasteiger partial charge in [-0.2, -0.15) is 5.10 Å². The minimum Gasteiger partial charge on any atom is -0.341 e. The van der Waals surface area contributed by atoms with E-state index in [1.807, 2.05) is 48.7 Å². The zero-order valence-electron chi connectivity index (χ0n) is 14.7. The third kappa shape index (κ3) is 4.95. The maximum Gasteiger partial charge on any atom is 0.313 e.